The molecule has 0 fully saturated rings. The minimum atomic E-state index is -0.0936. The average Bonchev–Trinajstić information content (AvgIpc) is 3.28. The summed E-state index contributed by atoms with van der Waals surface area (Å²) in [6.07, 6.45) is 0. The number of para-hydroxylation sites is 2. The van der Waals surface area contributed by atoms with Gasteiger partial charge in [0, 0.05) is 32.3 Å². The Labute approximate surface area is 209 Å². The van der Waals surface area contributed by atoms with E-state index >= 15 is 0 Å². The minimum absolute atomic E-state index is 0.0936. The largest absolute Gasteiger partial charge is 0.308 e. The van der Waals surface area contributed by atoms with E-state index in [2.05, 4.69) is 103 Å². The molecule has 2 heterocycles. The van der Waals surface area contributed by atoms with Gasteiger partial charge in [0.2, 0.25) is 0 Å². The van der Waals surface area contributed by atoms with Crippen molar-refractivity contribution in [3.63, 3.8) is 0 Å². The summed E-state index contributed by atoms with van der Waals surface area (Å²) in [5, 5.41) is 3.40. The van der Waals surface area contributed by atoms with E-state index in [1.807, 2.05) is 12.1 Å². The van der Waals surface area contributed by atoms with Gasteiger partial charge in [-0.3, -0.25) is 0 Å². The second-order valence-corrected chi connectivity index (χ2v) is 10.8. The van der Waals surface area contributed by atoms with Crippen LogP contribution in [0, 0.1) is 0 Å². The van der Waals surface area contributed by atoms with Gasteiger partial charge in [-0.2, -0.15) is 0 Å². The van der Waals surface area contributed by atoms with Crippen LogP contribution in [-0.2, 0) is 5.41 Å². The van der Waals surface area contributed by atoms with Gasteiger partial charge in [-0.05, 0) is 69.8 Å². The number of benzene rings is 5. The first-order valence-corrected chi connectivity index (χ1v) is 12.5. The molecule has 1 nitrogen and oxygen atoms in total. The summed E-state index contributed by atoms with van der Waals surface area (Å²) >= 11 is 6.23. The molecule has 0 saturated carbocycles. The van der Waals surface area contributed by atoms with Crippen molar-refractivity contribution < 1.29 is 0 Å². The quantitative estimate of drug-likeness (QED) is 0.226. The second kappa shape index (κ2) is 6.44. The smallest absolute Gasteiger partial charge is 0.0623 e. The molecule has 0 amide bonds. The fourth-order valence-electron chi connectivity index (χ4n) is 6.55. The highest BCUT2D eigenvalue weighted by molar-refractivity contribution is 6.30. The van der Waals surface area contributed by atoms with Crippen LogP contribution in [0.15, 0.2) is 97.1 Å². The molecule has 1 aliphatic heterocycles. The van der Waals surface area contributed by atoms with Crippen LogP contribution in [0.1, 0.15) is 25.0 Å². The lowest BCUT2D eigenvalue weighted by molar-refractivity contribution is 0.661. The van der Waals surface area contributed by atoms with Gasteiger partial charge >= 0.3 is 0 Å². The van der Waals surface area contributed by atoms with E-state index in [-0.39, 0.29) is 5.41 Å². The van der Waals surface area contributed by atoms with Gasteiger partial charge in [-0.1, -0.05) is 86.1 Å². The molecular formula is C33H22ClN. The van der Waals surface area contributed by atoms with Gasteiger partial charge in [0.25, 0.3) is 0 Å². The van der Waals surface area contributed by atoms with E-state index in [0.717, 1.165) is 5.02 Å². The fraction of sp³-hybridized carbons (Fsp3) is 0.0909. The zero-order chi connectivity index (χ0) is 23.5. The summed E-state index contributed by atoms with van der Waals surface area (Å²) in [6, 6.07) is 35.4. The number of fused-ring (bicyclic) bond motifs is 6. The van der Waals surface area contributed by atoms with Crippen molar-refractivity contribution in [2.45, 2.75) is 19.3 Å². The molecule has 0 radical (unpaired) electrons. The van der Waals surface area contributed by atoms with Crippen LogP contribution in [0.4, 0.5) is 0 Å². The molecule has 0 saturated heterocycles. The molecule has 1 aromatic heterocycles. The maximum Gasteiger partial charge on any atom is 0.0623 e. The molecule has 8 rings (SSSR count). The number of halogens is 1. The van der Waals surface area contributed by atoms with E-state index in [1.165, 1.54) is 72.0 Å². The van der Waals surface area contributed by atoms with E-state index in [4.69, 9.17) is 11.6 Å². The molecular weight excluding hydrogens is 446 g/mol. The number of nitrogens with zero attached hydrogens (tertiary/aromatic N) is 1. The van der Waals surface area contributed by atoms with E-state index < -0.39 is 0 Å². The Morgan fingerprint density at radius 2 is 1.40 bits per heavy atom. The Balaban J connectivity index is 1.61. The number of rotatable bonds is 1. The van der Waals surface area contributed by atoms with Crippen molar-refractivity contribution in [1.82, 2.24) is 4.57 Å². The fourth-order valence-corrected chi connectivity index (χ4v) is 6.67. The van der Waals surface area contributed by atoms with Crippen LogP contribution in [0.3, 0.4) is 0 Å². The van der Waals surface area contributed by atoms with Crippen molar-refractivity contribution in [2.24, 2.45) is 0 Å². The predicted octanol–water partition coefficient (Wildman–Crippen LogP) is 9.39. The first-order chi connectivity index (χ1) is 17.0. The van der Waals surface area contributed by atoms with Crippen LogP contribution in [-0.4, -0.2) is 4.57 Å². The Morgan fingerprint density at radius 3 is 2.26 bits per heavy atom. The monoisotopic (exact) mass is 467 g/mol. The van der Waals surface area contributed by atoms with Crippen LogP contribution in [0.5, 0.6) is 0 Å². The lowest BCUT2D eigenvalue weighted by Gasteiger charge is -2.24. The molecule has 6 aromatic rings. The third-order valence-electron chi connectivity index (χ3n) is 8.18. The van der Waals surface area contributed by atoms with Crippen LogP contribution >= 0.6 is 11.6 Å². The molecule has 1 aliphatic carbocycles. The van der Waals surface area contributed by atoms with Crippen molar-refractivity contribution in [3.8, 4) is 39.1 Å². The molecule has 0 atom stereocenters. The van der Waals surface area contributed by atoms with Crippen LogP contribution in [0.25, 0.3) is 60.9 Å². The second-order valence-electron chi connectivity index (χ2n) is 10.3. The van der Waals surface area contributed by atoms with Gasteiger partial charge in [-0.15, -0.1) is 0 Å². The molecule has 0 spiro atoms. The summed E-state index contributed by atoms with van der Waals surface area (Å²) < 4.78 is 2.51. The number of hydrogen-bond donors (Lipinski definition) is 0. The van der Waals surface area contributed by atoms with Gasteiger partial charge in [0.1, 0.15) is 0 Å². The first-order valence-electron chi connectivity index (χ1n) is 12.2. The summed E-state index contributed by atoms with van der Waals surface area (Å²) in [4.78, 5) is 0. The molecule has 0 unspecified atom stereocenters. The van der Waals surface area contributed by atoms with Crippen LogP contribution in [0.2, 0.25) is 5.02 Å². The van der Waals surface area contributed by atoms with Crippen molar-refractivity contribution in [2.75, 3.05) is 0 Å². The summed E-state index contributed by atoms with van der Waals surface area (Å²) in [5.41, 5.74) is 14.4. The Bertz CT molecular complexity index is 1870. The normalized spacial score (nSPS) is 14.4. The molecule has 5 aromatic carbocycles. The zero-order valence-electron chi connectivity index (χ0n) is 19.6. The third-order valence-corrected chi connectivity index (χ3v) is 8.44. The standard InChI is InChI=1S/C33H22ClN/c1-33(2)26-16-15-24-22-7-3-5-9-28(22)35-29-10-6-4-8-23(29)25-17-20(19-11-13-21(34)14-12-19)18-27(33)30(25)31(26)32(24)35/h3-18H,1-2H3. The summed E-state index contributed by atoms with van der Waals surface area (Å²) in [5.74, 6) is 0. The Morgan fingerprint density at radius 1 is 0.629 bits per heavy atom. The lowest BCUT2D eigenvalue weighted by atomic mass is 9.80. The Kier molecular flexibility index (Phi) is 3.59. The van der Waals surface area contributed by atoms with Gasteiger partial charge in [-0.25, -0.2) is 0 Å². The zero-order valence-corrected chi connectivity index (χ0v) is 20.3. The van der Waals surface area contributed by atoms with Gasteiger partial charge in [0.05, 0.1) is 16.7 Å². The van der Waals surface area contributed by atoms with Crippen molar-refractivity contribution in [1.29, 1.82) is 0 Å². The summed E-state index contributed by atoms with van der Waals surface area (Å²) in [7, 11) is 0. The third kappa shape index (κ3) is 2.34. The highest BCUT2D eigenvalue weighted by Crippen LogP contribution is 2.58. The molecule has 0 N–H and O–H groups in total. The maximum atomic E-state index is 6.23. The van der Waals surface area contributed by atoms with Gasteiger partial charge in [0.15, 0.2) is 0 Å². The maximum absolute atomic E-state index is 6.23. The molecule has 2 aliphatic rings. The Hall–Kier alpha value is -3.81. The van der Waals surface area contributed by atoms with E-state index in [1.54, 1.807) is 0 Å². The lowest BCUT2D eigenvalue weighted by Crippen LogP contribution is -2.15. The molecule has 166 valence electrons. The highest BCUT2D eigenvalue weighted by Gasteiger charge is 2.41. The van der Waals surface area contributed by atoms with E-state index in [0.29, 0.717) is 0 Å². The molecule has 0 bridgehead atoms. The SMILES string of the molecule is CC1(C)c2cc(-c3ccc(Cl)cc3)cc3c2-c2c1ccc1c4ccccc4n(c21)-c1ccccc1-3. The van der Waals surface area contributed by atoms with Gasteiger partial charge < -0.3 is 4.57 Å². The topological polar surface area (TPSA) is 4.93 Å². The van der Waals surface area contributed by atoms with Crippen molar-refractivity contribution >= 4 is 33.4 Å². The van der Waals surface area contributed by atoms with Crippen molar-refractivity contribution in [3.05, 3.63) is 113 Å². The average molecular weight is 468 g/mol. The number of aromatic nitrogens is 1. The van der Waals surface area contributed by atoms with Crippen LogP contribution < -0.4 is 0 Å². The van der Waals surface area contributed by atoms with E-state index in [9.17, 15) is 0 Å². The minimum Gasteiger partial charge on any atom is -0.308 e. The molecule has 35 heavy (non-hydrogen) atoms. The molecule has 2 heteroatoms. The first kappa shape index (κ1) is 19.5. The highest BCUT2D eigenvalue weighted by atomic mass is 35.5. The number of hydrogen-bond acceptors (Lipinski definition) is 0. The predicted molar refractivity (Wildman–Crippen MR) is 148 cm³/mol. The summed E-state index contributed by atoms with van der Waals surface area (Å²) in [6.45, 7) is 4.75.